The number of amides is 1. The molecule has 1 aromatic heterocycles. The van der Waals surface area contributed by atoms with Crippen LogP contribution in [0.3, 0.4) is 0 Å². The van der Waals surface area contributed by atoms with Crippen LogP contribution in [-0.4, -0.2) is 15.7 Å². The van der Waals surface area contributed by atoms with Gasteiger partial charge in [-0.2, -0.15) is 5.10 Å². The topological polar surface area (TPSA) is 72.9 Å². The molecule has 0 spiro atoms. The van der Waals surface area contributed by atoms with Gasteiger partial charge in [0.05, 0.1) is 5.69 Å². The van der Waals surface area contributed by atoms with Crippen LogP contribution in [-0.2, 0) is 7.05 Å². The van der Waals surface area contributed by atoms with Crippen LogP contribution in [0.1, 0.15) is 10.5 Å². The van der Waals surface area contributed by atoms with Gasteiger partial charge in [-0.25, -0.2) is 0 Å². The summed E-state index contributed by atoms with van der Waals surface area (Å²) in [4.78, 5) is 11.8. The van der Waals surface area contributed by atoms with Crippen molar-refractivity contribution in [1.29, 1.82) is 0 Å². The monoisotopic (exact) mass is 250 g/mol. The predicted molar refractivity (Wildman–Crippen MR) is 67.0 cm³/mol. The fourth-order valence-electron chi connectivity index (χ4n) is 1.41. The highest BCUT2D eigenvalue weighted by Gasteiger charge is 2.13. The maximum atomic E-state index is 11.8. The zero-order chi connectivity index (χ0) is 12.4. The SMILES string of the molecule is Cn1cc(N)c(C(=O)Nc2ccc(Cl)cc2)n1. The van der Waals surface area contributed by atoms with E-state index in [-0.39, 0.29) is 11.6 Å². The molecule has 0 saturated carbocycles. The lowest BCUT2D eigenvalue weighted by Crippen LogP contribution is -2.14. The van der Waals surface area contributed by atoms with Gasteiger partial charge in [0.25, 0.3) is 5.91 Å². The van der Waals surface area contributed by atoms with Crippen molar-refractivity contribution in [3.8, 4) is 0 Å². The lowest BCUT2D eigenvalue weighted by Gasteiger charge is -2.03. The smallest absolute Gasteiger partial charge is 0.278 e. The summed E-state index contributed by atoms with van der Waals surface area (Å²) in [7, 11) is 1.70. The van der Waals surface area contributed by atoms with Gasteiger partial charge in [0.2, 0.25) is 0 Å². The Bertz CT molecular complexity index is 547. The number of carbonyl (C=O) groups excluding carboxylic acids is 1. The number of hydrogen-bond acceptors (Lipinski definition) is 3. The van der Waals surface area contributed by atoms with Crippen molar-refractivity contribution in [1.82, 2.24) is 9.78 Å². The first kappa shape index (κ1) is 11.5. The van der Waals surface area contributed by atoms with Crippen LogP contribution in [0.5, 0.6) is 0 Å². The molecule has 88 valence electrons. The number of benzene rings is 1. The maximum Gasteiger partial charge on any atom is 0.278 e. The summed E-state index contributed by atoms with van der Waals surface area (Å²) < 4.78 is 1.49. The maximum absolute atomic E-state index is 11.8. The molecule has 17 heavy (non-hydrogen) atoms. The molecule has 1 amide bonds. The standard InChI is InChI=1S/C11H11ClN4O/c1-16-6-9(13)10(15-16)11(17)14-8-4-2-7(12)3-5-8/h2-6H,13H2,1H3,(H,14,17). The quantitative estimate of drug-likeness (QED) is 0.855. The minimum Gasteiger partial charge on any atom is -0.396 e. The number of nitrogens with two attached hydrogens (primary N) is 1. The summed E-state index contributed by atoms with van der Waals surface area (Å²) in [6.45, 7) is 0. The Morgan fingerprint density at radius 3 is 2.59 bits per heavy atom. The Balaban J connectivity index is 2.17. The van der Waals surface area contributed by atoms with Crippen molar-refractivity contribution in [2.45, 2.75) is 0 Å². The number of aromatic nitrogens is 2. The second-order valence-electron chi connectivity index (χ2n) is 3.57. The molecule has 0 bridgehead atoms. The molecule has 5 nitrogen and oxygen atoms in total. The molecular weight excluding hydrogens is 240 g/mol. The Hall–Kier alpha value is -2.01. The Morgan fingerprint density at radius 2 is 2.06 bits per heavy atom. The largest absolute Gasteiger partial charge is 0.396 e. The predicted octanol–water partition coefficient (Wildman–Crippen LogP) is 1.91. The van der Waals surface area contributed by atoms with Crippen molar-refractivity contribution in [3.05, 3.63) is 41.2 Å². The summed E-state index contributed by atoms with van der Waals surface area (Å²) in [6, 6.07) is 6.80. The summed E-state index contributed by atoms with van der Waals surface area (Å²) in [5, 5.41) is 7.28. The van der Waals surface area contributed by atoms with Crippen LogP contribution in [0, 0.1) is 0 Å². The van der Waals surface area contributed by atoms with Crippen LogP contribution in [0.15, 0.2) is 30.5 Å². The van der Waals surface area contributed by atoms with Gasteiger partial charge in [-0.05, 0) is 24.3 Å². The zero-order valence-electron chi connectivity index (χ0n) is 9.14. The molecule has 2 aromatic rings. The van der Waals surface area contributed by atoms with Gasteiger partial charge in [0, 0.05) is 24.0 Å². The van der Waals surface area contributed by atoms with E-state index in [1.54, 1.807) is 37.5 Å². The number of hydrogen-bond donors (Lipinski definition) is 2. The molecule has 0 saturated heterocycles. The number of aryl methyl sites for hydroxylation is 1. The molecule has 0 atom stereocenters. The van der Waals surface area contributed by atoms with E-state index in [9.17, 15) is 4.79 Å². The molecule has 1 heterocycles. The summed E-state index contributed by atoms with van der Waals surface area (Å²) >= 11 is 5.75. The third kappa shape index (κ3) is 2.57. The van der Waals surface area contributed by atoms with Crippen LogP contribution in [0.25, 0.3) is 0 Å². The molecule has 0 fully saturated rings. The van der Waals surface area contributed by atoms with Crippen LogP contribution in [0.2, 0.25) is 5.02 Å². The Morgan fingerprint density at radius 1 is 1.41 bits per heavy atom. The fraction of sp³-hybridized carbons (Fsp3) is 0.0909. The number of rotatable bonds is 2. The van der Waals surface area contributed by atoms with E-state index < -0.39 is 0 Å². The lowest BCUT2D eigenvalue weighted by molar-refractivity contribution is 0.102. The first-order chi connectivity index (χ1) is 8.06. The van der Waals surface area contributed by atoms with Crippen molar-refractivity contribution < 1.29 is 4.79 Å². The molecule has 3 N–H and O–H groups in total. The van der Waals surface area contributed by atoms with E-state index in [0.717, 1.165) is 0 Å². The molecule has 0 aliphatic heterocycles. The number of nitrogens with one attached hydrogen (secondary N) is 1. The minimum absolute atomic E-state index is 0.211. The van der Waals surface area contributed by atoms with Crippen LogP contribution < -0.4 is 11.1 Å². The van der Waals surface area contributed by atoms with Crippen molar-refractivity contribution in [2.75, 3.05) is 11.1 Å². The molecule has 6 heteroatoms. The van der Waals surface area contributed by atoms with Gasteiger partial charge in [0.1, 0.15) is 0 Å². The summed E-state index contributed by atoms with van der Waals surface area (Å²) in [5.41, 5.74) is 6.85. The molecule has 0 aliphatic carbocycles. The second kappa shape index (κ2) is 4.47. The second-order valence-corrected chi connectivity index (χ2v) is 4.00. The number of anilines is 2. The van der Waals surface area contributed by atoms with Crippen molar-refractivity contribution in [3.63, 3.8) is 0 Å². The first-order valence-corrected chi connectivity index (χ1v) is 5.30. The first-order valence-electron chi connectivity index (χ1n) is 4.92. The molecule has 0 unspecified atom stereocenters. The number of halogens is 1. The Kier molecular flexibility index (Phi) is 3.01. The third-order valence-corrected chi connectivity index (χ3v) is 2.43. The van der Waals surface area contributed by atoms with E-state index in [0.29, 0.717) is 16.4 Å². The Labute approximate surface area is 103 Å². The van der Waals surface area contributed by atoms with Crippen LogP contribution >= 0.6 is 11.6 Å². The number of nitrogen functional groups attached to an aromatic ring is 1. The fourth-order valence-corrected chi connectivity index (χ4v) is 1.53. The van der Waals surface area contributed by atoms with Gasteiger partial charge in [0.15, 0.2) is 5.69 Å². The van der Waals surface area contributed by atoms with E-state index in [4.69, 9.17) is 17.3 Å². The van der Waals surface area contributed by atoms with Gasteiger partial charge in [-0.1, -0.05) is 11.6 Å². The highest BCUT2D eigenvalue weighted by molar-refractivity contribution is 6.30. The average Bonchev–Trinajstić information content (AvgIpc) is 2.61. The summed E-state index contributed by atoms with van der Waals surface area (Å²) in [5.74, 6) is -0.342. The lowest BCUT2D eigenvalue weighted by atomic mass is 10.3. The number of carbonyl (C=O) groups is 1. The van der Waals surface area contributed by atoms with Crippen molar-refractivity contribution in [2.24, 2.45) is 7.05 Å². The van der Waals surface area contributed by atoms with E-state index >= 15 is 0 Å². The molecule has 0 radical (unpaired) electrons. The third-order valence-electron chi connectivity index (χ3n) is 2.17. The molecule has 0 aliphatic rings. The normalized spacial score (nSPS) is 10.2. The van der Waals surface area contributed by atoms with E-state index in [1.165, 1.54) is 4.68 Å². The molecule has 2 rings (SSSR count). The summed E-state index contributed by atoms with van der Waals surface area (Å²) in [6.07, 6.45) is 1.58. The molecular formula is C11H11ClN4O. The van der Waals surface area contributed by atoms with Gasteiger partial charge in [-0.15, -0.1) is 0 Å². The zero-order valence-corrected chi connectivity index (χ0v) is 9.90. The highest BCUT2D eigenvalue weighted by atomic mass is 35.5. The van der Waals surface area contributed by atoms with Gasteiger partial charge < -0.3 is 11.1 Å². The van der Waals surface area contributed by atoms with Gasteiger partial charge >= 0.3 is 0 Å². The van der Waals surface area contributed by atoms with Crippen LogP contribution in [0.4, 0.5) is 11.4 Å². The molecule has 1 aromatic carbocycles. The van der Waals surface area contributed by atoms with E-state index in [2.05, 4.69) is 10.4 Å². The minimum atomic E-state index is -0.342. The van der Waals surface area contributed by atoms with Crippen molar-refractivity contribution >= 4 is 28.9 Å². The van der Waals surface area contributed by atoms with E-state index in [1.807, 2.05) is 0 Å². The average molecular weight is 251 g/mol. The number of nitrogens with zero attached hydrogens (tertiary/aromatic N) is 2. The van der Waals surface area contributed by atoms with Gasteiger partial charge in [-0.3, -0.25) is 9.48 Å². The highest BCUT2D eigenvalue weighted by Crippen LogP contribution is 2.15.